The number of ether oxygens (including phenoxy) is 1. The maximum atomic E-state index is 13.3. The van der Waals surface area contributed by atoms with Crippen molar-refractivity contribution in [1.29, 1.82) is 0 Å². The fourth-order valence-electron chi connectivity index (χ4n) is 2.03. The third kappa shape index (κ3) is 4.19. The van der Waals surface area contributed by atoms with E-state index in [1.165, 1.54) is 6.07 Å². The molecular formula is C17H19ClFNO. The normalized spacial score (nSPS) is 12.2. The highest BCUT2D eigenvalue weighted by Crippen LogP contribution is 2.30. The molecular weight excluding hydrogens is 289 g/mol. The number of rotatable bonds is 5. The van der Waals surface area contributed by atoms with Crippen LogP contribution in [-0.4, -0.2) is 6.04 Å². The second-order valence-corrected chi connectivity index (χ2v) is 5.57. The van der Waals surface area contributed by atoms with Gasteiger partial charge in [0, 0.05) is 11.1 Å². The van der Waals surface area contributed by atoms with Gasteiger partial charge < -0.3 is 10.5 Å². The summed E-state index contributed by atoms with van der Waals surface area (Å²) in [5.74, 6) is 1.00. The lowest BCUT2D eigenvalue weighted by Crippen LogP contribution is -2.21. The van der Waals surface area contributed by atoms with Crippen LogP contribution in [0.5, 0.6) is 11.5 Å². The van der Waals surface area contributed by atoms with Gasteiger partial charge in [0.1, 0.15) is 17.3 Å². The number of aryl methyl sites for hydroxylation is 1. The van der Waals surface area contributed by atoms with Crippen LogP contribution in [0, 0.1) is 12.7 Å². The van der Waals surface area contributed by atoms with Gasteiger partial charge in [0.05, 0.1) is 0 Å². The molecule has 112 valence electrons. The van der Waals surface area contributed by atoms with Crippen LogP contribution in [-0.2, 0) is 6.42 Å². The Morgan fingerprint density at radius 1 is 1.24 bits per heavy atom. The first-order valence-corrected chi connectivity index (χ1v) is 7.35. The molecule has 0 bridgehead atoms. The van der Waals surface area contributed by atoms with E-state index in [2.05, 4.69) is 0 Å². The Morgan fingerprint density at radius 3 is 2.67 bits per heavy atom. The average Bonchev–Trinajstić information content (AvgIpc) is 2.45. The first-order valence-electron chi connectivity index (χ1n) is 6.97. The van der Waals surface area contributed by atoms with Crippen molar-refractivity contribution in [2.45, 2.75) is 32.7 Å². The molecule has 2 N–H and O–H groups in total. The smallest absolute Gasteiger partial charge is 0.132 e. The van der Waals surface area contributed by atoms with Crippen LogP contribution >= 0.6 is 11.6 Å². The van der Waals surface area contributed by atoms with Crippen molar-refractivity contribution in [2.24, 2.45) is 5.73 Å². The lowest BCUT2D eigenvalue weighted by molar-refractivity contribution is 0.469. The zero-order valence-corrected chi connectivity index (χ0v) is 13.0. The van der Waals surface area contributed by atoms with Crippen LogP contribution in [0.4, 0.5) is 4.39 Å². The molecule has 0 aromatic heterocycles. The summed E-state index contributed by atoms with van der Waals surface area (Å²) < 4.78 is 19.2. The minimum absolute atomic E-state index is 0.0727. The lowest BCUT2D eigenvalue weighted by atomic mass is 10.0. The number of hydrogen-bond donors (Lipinski definition) is 1. The van der Waals surface area contributed by atoms with Crippen molar-refractivity contribution in [2.75, 3.05) is 0 Å². The lowest BCUT2D eigenvalue weighted by Gasteiger charge is -2.15. The zero-order chi connectivity index (χ0) is 15.4. The largest absolute Gasteiger partial charge is 0.457 e. The van der Waals surface area contributed by atoms with Crippen LogP contribution < -0.4 is 10.5 Å². The monoisotopic (exact) mass is 307 g/mol. The third-order valence-corrected chi connectivity index (χ3v) is 3.63. The topological polar surface area (TPSA) is 35.2 Å². The van der Waals surface area contributed by atoms with Gasteiger partial charge in [0.2, 0.25) is 0 Å². The molecule has 2 rings (SSSR count). The van der Waals surface area contributed by atoms with E-state index in [4.69, 9.17) is 22.1 Å². The molecule has 2 nitrogen and oxygen atoms in total. The van der Waals surface area contributed by atoms with E-state index >= 15 is 0 Å². The van der Waals surface area contributed by atoms with Gasteiger partial charge in [-0.15, -0.1) is 0 Å². The summed E-state index contributed by atoms with van der Waals surface area (Å²) in [4.78, 5) is 0. The molecule has 0 fully saturated rings. The SMILES string of the molecule is CCC(N)Cc1ccc(Cl)cc1Oc1ccc(F)c(C)c1. The second-order valence-electron chi connectivity index (χ2n) is 5.14. The van der Waals surface area contributed by atoms with E-state index in [-0.39, 0.29) is 11.9 Å². The highest BCUT2D eigenvalue weighted by atomic mass is 35.5. The quantitative estimate of drug-likeness (QED) is 0.856. The molecule has 2 aromatic rings. The van der Waals surface area contributed by atoms with Crippen molar-refractivity contribution in [3.63, 3.8) is 0 Å². The summed E-state index contributed by atoms with van der Waals surface area (Å²) in [6.45, 7) is 3.75. The zero-order valence-electron chi connectivity index (χ0n) is 12.2. The summed E-state index contributed by atoms with van der Waals surface area (Å²) in [6, 6.07) is 10.2. The van der Waals surface area contributed by atoms with E-state index in [0.717, 1.165) is 12.0 Å². The van der Waals surface area contributed by atoms with Gasteiger partial charge in [-0.25, -0.2) is 4.39 Å². The Labute approximate surface area is 129 Å². The van der Waals surface area contributed by atoms with Crippen LogP contribution in [0.1, 0.15) is 24.5 Å². The average molecular weight is 308 g/mol. The molecule has 0 aliphatic heterocycles. The Hall–Kier alpha value is -1.58. The molecule has 1 unspecified atom stereocenters. The van der Waals surface area contributed by atoms with Crippen LogP contribution in [0.15, 0.2) is 36.4 Å². The van der Waals surface area contributed by atoms with Crippen molar-refractivity contribution in [3.05, 3.63) is 58.4 Å². The maximum Gasteiger partial charge on any atom is 0.132 e. The summed E-state index contributed by atoms with van der Waals surface area (Å²) >= 11 is 6.04. The van der Waals surface area contributed by atoms with Crippen LogP contribution in [0.2, 0.25) is 5.02 Å². The molecule has 1 atom stereocenters. The standard InChI is InChI=1S/C17H19ClFNO/c1-3-14(20)9-12-4-5-13(18)10-17(12)21-15-6-7-16(19)11(2)8-15/h4-8,10,14H,3,9,20H2,1-2H3. The predicted octanol–water partition coefficient (Wildman–Crippen LogP) is 4.86. The minimum atomic E-state index is -0.248. The molecule has 0 radical (unpaired) electrons. The van der Waals surface area contributed by atoms with Gasteiger partial charge in [-0.2, -0.15) is 0 Å². The molecule has 0 heterocycles. The first-order chi connectivity index (χ1) is 9.99. The molecule has 0 saturated heterocycles. The molecule has 21 heavy (non-hydrogen) atoms. The molecule has 0 aliphatic rings. The van der Waals surface area contributed by atoms with E-state index in [1.54, 1.807) is 25.1 Å². The van der Waals surface area contributed by atoms with E-state index < -0.39 is 0 Å². The highest BCUT2D eigenvalue weighted by Gasteiger charge is 2.10. The highest BCUT2D eigenvalue weighted by molar-refractivity contribution is 6.30. The second kappa shape index (κ2) is 6.92. The van der Waals surface area contributed by atoms with Gasteiger partial charge in [0.15, 0.2) is 0 Å². The van der Waals surface area contributed by atoms with Gasteiger partial charge in [-0.3, -0.25) is 0 Å². The van der Waals surface area contributed by atoms with Gasteiger partial charge in [-0.1, -0.05) is 24.6 Å². The predicted molar refractivity (Wildman–Crippen MR) is 84.6 cm³/mol. The van der Waals surface area contributed by atoms with E-state index in [1.807, 2.05) is 19.1 Å². The van der Waals surface area contributed by atoms with Crippen LogP contribution in [0.3, 0.4) is 0 Å². The Kier molecular flexibility index (Phi) is 5.21. The van der Waals surface area contributed by atoms with Crippen molar-refractivity contribution in [1.82, 2.24) is 0 Å². The fourth-order valence-corrected chi connectivity index (χ4v) is 2.19. The molecule has 2 aromatic carbocycles. The summed E-state index contributed by atoms with van der Waals surface area (Å²) in [6.07, 6.45) is 1.60. The summed E-state index contributed by atoms with van der Waals surface area (Å²) in [5.41, 5.74) is 7.55. The third-order valence-electron chi connectivity index (χ3n) is 3.39. The van der Waals surface area contributed by atoms with Crippen LogP contribution in [0.25, 0.3) is 0 Å². The Morgan fingerprint density at radius 2 is 2.00 bits per heavy atom. The Bertz CT molecular complexity index is 630. The summed E-state index contributed by atoms with van der Waals surface area (Å²) in [7, 11) is 0. The number of halogens is 2. The number of benzene rings is 2. The van der Waals surface area contributed by atoms with Gasteiger partial charge in [0.25, 0.3) is 0 Å². The van der Waals surface area contributed by atoms with Crippen molar-refractivity contribution in [3.8, 4) is 11.5 Å². The number of hydrogen-bond acceptors (Lipinski definition) is 2. The van der Waals surface area contributed by atoms with Crippen molar-refractivity contribution >= 4 is 11.6 Å². The summed E-state index contributed by atoms with van der Waals surface area (Å²) in [5, 5.41) is 0.595. The molecule has 0 aliphatic carbocycles. The van der Waals surface area contributed by atoms with E-state index in [9.17, 15) is 4.39 Å². The minimum Gasteiger partial charge on any atom is -0.457 e. The van der Waals surface area contributed by atoms with Gasteiger partial charge in [-0.05, 0) is 61.2 Å². The first kappa shape index (κ1) is 15.8. The molecule has 4 heteroatoms. The number of nitrogens with two attached hydrogens (primary N) is 1. The van der Waals surface area contributed by atoms with E-state index in [0.29, 0.717) is 28.5 Å². The maximum absolute atomic E-state index is 13.3. The molecule has 0 amide bonds. The fraction of sp³-hybridized carbons (Fsp3) is 0.294. The van der Waals surface area contributed by atoms with Gasteiger partial charge >= 0.3 is 0 Å². The Balaban J connectivity index is 2.28. The molecule has 0 spiro atoms. The van der Waals surface area contributed by atoms with Crippen molar-refractivity contribution < 1.29 is 9.13 Å². The molecule has 0 saturated carbocycles.